The fourth-order valence-corrected chi connectivity index (χ4v) is 1.11. The van der Waals surface area contributed by atoms with E-state index in [1.165, 1.54) is 0 Å². The SMILES string of the molecule is CNC(C)(C)CNc1cccnc1Cl. The van der Waals surface area contributed by atoms with Gasteiger partial charge in [-0.05, 0) is 33.0 Å². The topological polar surface area (TPSA) is 37.0 Å². The number of aromatic nitrogens is 1. The second kappa shape index (κ2) is 4.62. The summed E-state index contributed by atoms with van der Waals surface area (Å²) in [6.07, 6.45) is 1.68. The molecule has 0 radical (unpaired) electrons. The van der Waals surface area contributed by atoms with Crippen molar-refractivity contribution in [2.24, 2.45) is 0 Å². The maximum absolute atomic E-state index is 5.90. The summed E-state index contributed by atoms with van der Waals surface area (Å²) in [6, 6.07) is 3.78. The van der Waals surface area contributed by atoms with Crippen LogP contribution < -0.4 is 10.6 Å². The predicted octanol–water partition coefficient (Wildman–Crippen LogP) is 2.14. The summed E-state index contributed by atoms with van der Waals surface area (Å²) in [5, 5.41) is 6.97. The van der Waals surface area contributed by atoms with Crippen LogP contribution in [0.3, 0.4) is 0 Å². The van der Waals surface area contributed by atoms with Crippen LogP contribution in [-0.4, -0.2) is 24.1 Å². The minimum atomic E-state index is 0.0408. The molecule has 1 aromatic heterocycles. The van der Waals surface area contributed by atoms with Gasteiger partial charge in [-0.1, -0.05) is 11.6 Å². The van der Waals surface area contributed by atoms with Gasteiger partial charge >= 0.3 is 0 Å². The van der Waals surface area contributed by atoms with Crippen LogP contribution in [0.15, 0.2) is 18.3 Å². The molecular formula is C10H16ClN3. The summed E-state index contributed by atoms with van der Waals surface area (Å²) in [4.78, 5) is 3.99. The van der Waals surface area contributed by atoms with Crippen LogP contribution in [0.2, 0.25) is 5.15 Å². The van der Waals surface area contributed by atoms with Crippen molar-refractivity contribution < 1.29 is 0 Å². The Balaban J connectivity index is 2.58. The van der Waals surface area contributed by atoms with Crippen LogP contribution in [0.25, 0.3) is 0 Å². The van der Waals surface area contributed by atoms with Gasteiger partial charge in [0.15, 0.2) is 5.15 Å². The number of hydrogen-bond donors (Lipinski definition) is 2. The van der Waals surface area contributed by atoms with E-state index in [-0.39, 0.29) is 5.54 Å². The van der Waals surface area contributed by atoms with Gasteiger partial charge in [-0.25, -0.2) is 4.98 Å². The molecule has 0 saturated carbocycles. The summed E-state index contributed by atoms with van der Waals surface area (Å²) in [5.74, 6) is 0. The van der Waals surface area contributed by atoms with Crippen molar-refractivity contribution in [1.29, 1.82) is 0 Å². The van der Waals surface area contributed by atoms with Crippen molar-refractivity contribution in [2.45, 2.75) is 19.4 Å². The van der Waals surface area contributed by atoms with E-state index < -0.39 is 0 Å². The molecule has 0 atom stereocenters. The third kappa shape index (κ3) is 3.16. The highest BCUT2D eigenvalue weighted by Crippen LogP contribution is 2.18. The summed E-state index contributed by atoms with van der Waals surface area (Å²) in [6.45, 7) is 5.03. The average molecular weight is 214 g/mol. The monoisotopic (exact) mass is 213 g/mol. The Bertz CT molecular complexity index is 299. The maximum Gasteiger partial charge on any atom is 0.152 e. The fourth-order valence-electron chi connectivity index (χ4n) is 0.922. The van der Waals surface area contributed by atoms with Crippen molar-refractivity contribution in [3.8, 4) is 0 Å². The number of halogens is 1. The summed E-state index contributed by atoms with van der Waals surface area (Å²) in [5.41, 5.74) is 0.914. The number of likely N-dealkylation sites (N-methyl/N-ethyl adjacent to an activating group) is 1. The molecule has 0 aliphatic heterocycles. The highest BCUT2D eigenvalue weighted by atomic mass is 35.5. The van der Waals surface area contributed by atoms with Crippen LogP contribution >= 0.6 is 11.6 Å². The molecule has 0 bridgehead atoms. The first-order valence-electron chi connectivity index (χ1n) is 4.58. The van der Waals surface area contributed by atoms with Crippen LogP contribution in [0.4, 0.5) is 5.69 Å². The van der Waals surface area contributed by atoms with Gasteiger partial charge in [-0.3, -0.25) is 0 Å². The Morgan fingerprint density at radius 1 is 1.50 bits per heavy atom. The quantitative estimate of drug-likeness (QED) is 0.753. The van der Waals surface area contributed by atoms with Gasteiger partial charge in [0.05, 0.1) is 5.69 Å². The van der Waals surface area contributed by atoms with Gasteiger partial charge < -0.3 is 10.6 Å². The first kappa shape index (κ1) is 11.3. The van der Waals surface area contributed by atoms with Gasteiger partial charge in [0.1, 0.15) is 0 Å². The van der Waals surface area contributed by atoms with Crippen molar-refractivity contribution >= 4 is 17.3 Å². The zero-order valence-electron chi connectivity index (χ0n) is 8.76. The highest BCUT2D eigenvalue weighted by Gasteiger charge is 2.14. The van der Waals surface area contributed by atoms with E-state index in [0.717, 1.165) is 12.2 Å². The molecule has 0 amide bonds. The molecule has 1 aromatic rings. The Hall–Kier alpha value is -0.800. The van der Waals surface area contributed by atoms with Gasteiger partial charge in [-0.15, -0.1) is 0 Å². The highest BCUT2D eigenvalue weighted by molar-refractivity contribution is 6.31. The van der Waals surface area contributed by atoms with Crippen molar-refractivity contribution in [2.75, 3.05) is 18.9 Å². The second-order valence-corrected chi connectivity index (χ2v) is 4.19. The average Bonchev–Trinajstić information content (AvgIpc) is 2.17. The van der Waals surface area contributed by atoms with Gasteiger partial charge in [0, 0.05) is 18.3 Å². The zero-order valence-corrected chi connectivity index (χ0v) is 9.52. The van der Waals surface area contributed by atoms with Gasteiger partial charge in [-0.2, -0.15) is 0 Å². The van der Waals surface area contributed by atoms with Gasteiger partial charge in [0.2, 0.25) is 0 Å². The number of nitrogens with zero attached hydrogens (tertiary/aromatic N) is 1. The molecule has 1 rings (SSSR count). The van der Waals surface area contributed by atoms with E-state index >= 15 is 0 Å². The number of hydrogen-bond acceptors (Lipinski definition) is 3. The number of nitrogens with one attached hydrogen (secondary N) is 2. The third-order valence-corrected chi connectivity index (χ3v) is 2.46. The number of anilines is 1. The molecule has 0 aliphatic rings. The molecule has 78 valence electrons. The first-order valence-corrected chi connectivity index (χ1v) is 4.96. The zero-order chi connectivity index (χ0) is 10.6. The molecule has 14 heavy (non-hydrogen) atoms. The van der Waals surface area contributed by atoms with Crippen LogP contribution in [0.1, 0.15) is 13.8 Å². The van der Waals surface area contributed by atoms with Crippen LogP contribution in [-0.2, 0) is 0 Å². The van der Waals surface area contributed by atoms with E-state index in [2.05, 4.69) is 29.5 Å². The van der Waals surface area contributed by atoms with E-state index in [1.54, 1.807) is 6.20 Å². The standard InChI is InChI=1S/C10H16ClN3/c1-10(2,12-3)7-14-8-5-4-6-13-9(8)11/h4-6,12,14H,7H2,1-3H3. The molecule has 1 heterocycles. The lowest BCUT2D eigenvalue weighted by molar-refractivity contribution is 0.448. The molecule has 3 nitrogen and oxygen atoms in total. The number of rotatable bonds is 4. The Kier molecular flexibility index (Phi) is 3.72. The molecule has 0 aromatic carbocycles. The molecule has 2 N–H and O–H groups in total. The third-order valence-electron chi connectivity index (χ3n) is 2.16. The maximum atomic E-state index is 5.90. The van der Waals surface area contributed by atoms with Crippen molar-refractivity contribution in [3.63, 3.8) is 0 Å². The van der Waals surface area contributed by atoms with Crippen molar-refractivity contribution in [3.05, 3.63) is 23.5 Å². The molecule has 0 unspecified atom stereocenters. The van der Waals surface area contributed by atoms with Gasteiger partial charge in [0.25, 0.3) is 0 Å². The lowest BCUT2D eigenvalue weighted by Crippen LogP contribution is -2.42. The van der Waals surface area contributed by atoms with E-state index in [1.807, 2.05) is 19.2 Å². The summed E-state index contributed by atoms with van der Waals surface area (Å²) >= 11 is 5.90. The number of pyridine rings is 1. The lowest BCUT2D eigenvalue weighted by atomic mass is 10.1. The molecule has 0 spiro atoms. The van der Waals surface area contributed by atoms with Crippen LogP contribution in [0.5, 0.6) is 0 Å². The van der Waals surface area contributed by atoms with Crippen LogP contribution in [0, 0.1) is 0 Å². The minimum absolute atomic E-state index is 0.0408. The largest absolute Gasteiger partial charge is 0.381 e. The Morgan fingerprint density at radius 2 is 2.21 bits per heavy atom. The summed E-state index contributed by atoms with van der Waals surface area (Å²) in [7, 11) is 1.94. The lowest BCUT2D eigenvalue weighted by Gasteiger charge is -2.24. The fraction of sp³-hybridized carbons (Fsp3) is 0.500. The first-order chi connectivity index (χ1) is 6.55. The van der Waals surface area contributed by atoms with E-state index in [0.29, 0.717) is 5.15 Å². The molecular weight excluding hydrogens is 198 g/mol. The Labute approximate surface area is 89.9 Å². The molecule has 0 saturated heterocycles. The Morgan fingerprint density at radius 3 is 2.79 bits per heavy atom. The molecule has 0 fully saturated rings. The molecule has 4 heteroatoms. The van der Waals surface area contributed by atoms with Crippen molar-refractivity contribution in [1.82, 2.24) is 10.3 Å². The van der Waals surface area contributed by atoms with E-state index in [4.69, 9.17) is 11.6 Å². The summed E-state index contributed by atoms with van der Waals surface area (Å²) < 4.78 is 0. The molecule has 0 aliphatic carbocycles. The second-order valence-electron chi connectivity index (χ2n) is 3.83. The minimum Gasteiger partial charge on any atom is -0.381 e. The smallest absolute Gasteiger partial charge is 0.152 e. The normalized spacial score (nSPS) is 11.4. The predicted molar refractivity (Wildman–Crippen MR) is 60.9 cm³/mol. The van der Waals surface area contributed by atoms with E-state index in [9.17, 15) is 0 Å².